The fourth-order valence-corrected chi connectivity index (χ4v) is 5.53. The Morgan fingerprint density at radius 1 is 1.12 bits per heavy atom. The average molecular weight is 604 g/mol. The van der Waals surface area contributed by atoms with E-state index in [1.165, 1.54) is 22.8 Å². The van der Waals surface area contributed by atoms with Crippen molar-refractivity contribution in [1.29, 1.82) is 0 Å². The summed E-state index contributed by atoms with van der Waals surface area (Å²) < 4.78 is 18.5. The summed E-state index contributed by atoms with van der Waals surface area (Å²) in [7, 11) is 0. The summed E-state index contributed by atoms with van der Waals surface area (Å²) in [5.41, 5.74) is 1.57. The third-order valence-corrected chi connectivity index (χ3v) is 7.59. The molecule has 0 fully saturated rings. The molecule has 1 aromatic heterocycles. The van der Waals surface area contributed by atoms with Crippen LogP contribution < -0.4 is 24.4 Å². The number of ether oxygens (including phenoxy) is 3. The first-order chi connectivity index (χ1) is 19.0. The van der Waals surface area contributed by atoms with Crippen LogP contribution in [0.4, 0.5) is 0 Å². The number of fused-ring (bicyclic) bond motifs is 1. The molecule has 0 spiro atoms. The molecule has 0 aliphatic carbocycles. The van der Waals surface area contributed by atoms with Gasteiger partial charge in [0.1, 0.15) is 0 Å². The minimum atomic E-state index is -0.863. The number of rotatable bonds is 8. The molecular formula is C29H28Cl2N2O6S. The van der Waals surface area contributed by atoms with Gasteiger partial charge < -0.3 is 14.2 Å². The van der Waals surface area contributed by atoms with E-state index in [1.54, 1.807) is 56.3 Å². The predicted molar refractivity (Wildman–Crippen MR) is 155 cm³/mol. The number of thiazole rings is 1. The van der Waals surface area contributed by atoms with Crippen molar-refractivity contribution in [2.75, 3.05) is 13.2 Å². The summed E-state index contributed by atoms with van der Waals surface area (Å²) in [5, 5.41) is 0.770. The molecule has 8 nitrogen and oxygen atoms in total. The first kappa shape index (κ1) is 29.6. The van der Waals surface area contributed by atoms with Crippen LogP contribution in [0.3, 0.4) is 0 Å². The Balaban J connectivity index is 1.93. The smallest absolute Gasteiger partial charge is 0.338 e. The van der Waals surface area contributed by atoms with Crippen molar-refractivity contribution in [3.8, 4) is 11.5 Å². The van der Waals surface area contributed by atoms with E-state index in [-0.39, 0.29) is 29.4 Å². The first-order valence-corrected chi connectivity index (χ1v) is 14.2. The average Bonchev–Trinajstić information content (AvgIpc) is 3.19. The van der Waals surface area contributed by atoms with Crippen LogP contribution in [0.1, 0.15) is 51.8 Å². The number of allylic oxidation sites excluding steroid dienone is 1. The number of aromatic nitrogens is 1. The lowest BCUT2D eigenvalue weighted by Crippen LogP contribution is -2.40. The fraction of sp³-hybridized carbons (Fsp3) is 0.310. The van der Waals surface area contributed by atoms with Gasteiger partial charge in [0.15, 0.2) is 16.3 Å². The summed E-state index contributed by atoms with van der Waals surface area (Å²) in [6.45, 7) is 9.20. The van der Waals surface area contributed by atoms with Gasteiger partial charge in [0, 0.05) is 6.92 Å². The van der Waals surface area contributed by atoms with Gasteiger partial charge in [0.05, 0.1) is 45.1 Å². The van der Waals surface area contributed by atoms with Gasteiger partial charge in [-0.3, -0.25) is 14.2 Å². The van der Waals surface area contributed by atoms with Crippen LogP contribution in [0.25, 0.3) is 6.08 Å². The molecule has 2 heterocycles. The zero-order valence-electron chi connectivity index (χ0n) is 22.6. The highest BCUT2D eigenvalue weighted by Crippen LogP contribution is 2.36. The molecule has 1 unspecified atom stereocenters. The highest BCUT2D eigenvalue weighted by molar-refractivity contribution is 7.07. The summed E-state index contributed by atoms with van der Waals surface area (Å²) in [6, 6.07) is 9.15. The topological polar surface area (TPSA) is 96.2 Å². The van der Waals surface area contributed by atoms with Crippen LogP contribution in [-0.4, -0.2) is 29.7 Å². The Kier molecular flexibility index (Phi) is 9.18. The quantitative estimate of drug-likeness (QED) is 0.264. The molecule has 0 amide bonds. The number of carbonyl (C=O) groups excluding carboxylic acids is 2. The highest BCUT2D eigenvalue weighted by Gasteiger charge is 2.34. The molecule has 0 N–H and O–H groups in total. The number of carbonyl (C=O) groups is 2. The van der Waals surface area contributed by atoms with E-state index in [2.05, 4.69) is 4.99 Å². The second-order valence-corrected chi connectivity index (χ2v) is 11.3. The maximum Gasteiger partial charge on any atom is 0.338 e. The predicted octanol–water partition coefficient (Wildman–Crippen LogP) is 5.07. The number of nitrogens with zero attached hydrogens (tertiary/aromatic N) is 2. The van der Waals surface area contributed by atoms with Crippen LogP contribution in [0, 0.1) is 5.92 Å². The lowest BCUT2D eigenvalue weighted by atomic mass is 9.95. The Morgan fingerprint density at radius 3 is 2.52 bits per heavy atom. The van der Waals surface area contributed by atoms with Gasteiger partial charge in [0.25, 0.3) is 5.56 Å². The van der Waals surface area contributed by atoms with Gasteiger partial charge >= 0.3 is 11.9 Å². The normalized spacial score (nSPS) is 15.1. The first-order valence-electron chi connectivity index (χ1n) is 12.6. The molecule has 0 saturated carbocycles. The van der Waals surface area contributed by atoms with Crippen LogP contribution in [0.2, 0.25) is 10.0 Å². The van der Waals surface area contributed by atoms with Crippen molar-refractivity contribution in [3.63, 3.8) is 0 Å². The molecule has 4 rings (SSSR count). The Hall–Kier alpha value is -3.40. The number of hydrogen-bond donors (Lipinski definition) is 0. The minimum Gasteiger partial charge on any atom is -0.490 e. The molecule has 1 aliphatic heterocycles. The molecule has 0 bridgehead atoms. The Bertz CT molecular complexity index is 1690. The van der Waals surface area contributed by atoms with Crippen LogP contribution >= 0.6 is 34.5 Å². The van der Waals surface area contributed by atoms with Crippen molar-refractivity contribution in [3.05, 3.63) is 88.5 Å². The van der Waals surface area contributed by atoms with Gasteiger partial charge in [-0.1, -0.05) is 60.5 Å². The molecule has 0 radical (unpaired) electrons. The number of hydrogen-bond acceptors (Lipinski definition) is 8. The van der Waals surface area contributed by atoms with E-state index < -0.39 is 18.0 Å². The number of esters is 2. The van der Waals surface area contributed by atoms with E-state index in [9.17, 15) is 14.4 Å². The van der Waals surface area contributed by atoms with E-state index in [0.717, 1.165) is 0 Å². The second-order valence-electron chi connectivity index (χ2n) is 9.48. The Labute approximate surface area is 245 Å². The SMILES string of the molecule is CCOc1cc(C2C(C(=O)OCC(C)C)=C(C)N=c3sc(=Cc4ccc(Cl)c(Cl)c4)c(=O)n32)ccc1OC(C)=O. The second kappa shape index (κ2) is 12.4. The standard InChI is InChI=1S/C29H28Cl2N2O6S/c1-6-37-23-13-19(8-10-22(23)39-17(5)34)26-25(28(36)38-14-15(2)3)16(4)32-29-33(26)27(35)24(40-29)12-18-7-9-20(30)21(31)11-18/h7-13,15,26H,6,14H2,1-5H3. The molecule has 11 heteroatoms. The van der Waals surface area contributed by atoms with Crippen molar-refractivity contribution in [2.24, 2.45) is 10.9 Å². The molecule has 0 saturated heterocycles. The molecule has 40 heavy (non-hydrogen) atoms. The van der Waals surface area contributed by atoms with Gasteiger partial charge in [-0.2, -0.15) is 0 Å². The van der Waals surface area contributed by atoms with E-state index >= 15 is 0 Å². The Morgan fingerprint density at radius 2 is 1.88 bits per heavy atom. The molecule has 1 aliphatic rings. The number of halogens is 2. The highest BCUT2D eigenvalue weighted by atomic mass is 35.5. The molecule has 1 atom stereocenters. The van der Waals surface area contributed by atoms with Gasteiger partial charge in [-0.05, 0) is 61.2 Å². The largest absolute Gasteiger partial charge is 0.490 e. The van der Waals surface area contributed by atoms with Gasteiger partial charge in [-0.25, -0.2) is 9.79 Å². The summed E-state index contributed by atoms with van der Waals surface area (Å²) in [5.74, 6) is -0.422. The molecular weight excluding hydrogens is 575 g/mol. The van der Waals surface area contributed by atoms with Gasteiger partial charge in [0.2, 0.25) is 0 Å². The van der Waals surface area contributed by atoms with Crippen LogP contribution in [0.15, 0.2) is 57.5 Å². The number of benzene rings is 2. The van der Waals surface area contributed by atoms with Crippen molar-refractivity contribution >= 4 is 52.6 Å². The van der Waals surface area contributed by atoms with E-state index in [0.29, 0.717) is 48.6 Å². The molecule has 210 valence electrons. The third-order valence-electron chi connectivity index (χ3n) is 5.87. The van der Waals surface area contributed by atoms with Gasteiger partial charge in [-0.15, -0.1) is 0 Å². The van der Waals surface area contributed by atoms with E-state index in [4.69, 9.17) is 37.4 Å². The van der Waals surface area contributed by atoms with Crippen molar-refractivity contribution in [1.82, 2.24) is 4.57 Å². The molecule has 2 aromatic carbocycles. The lowest BCUT2D eigenvalue weighted by Gasteiger charge is -2.25. The lowest BCUT2D eigenvalue weighted by molar-refractivity contribution is -0.140. The van der Waals surface area contributed by atoms with Crippen LogP contribution in [-0.2, 0) is 14.3 Å². The zero-order chi connectivity index (χ0) is 29.1. The van der Waals surface area contributed by atoms with Crippen molar-refractivity contribution < 1.29 is 23.8 Å². The minimum absolute atomic E-state index is 0.114. The molecule has 3 aromatic rings. The van der Waals surface area contributed by atoms with Crippen LogP contribution in [0.5, 0.6) is 11.5 Å². The zero-order valence-corrected chi connectivity index (χ0v) is 24.9. The summed E-state index contributed by atoms with van der Waals surface area (Å²) in [4.78, 5) is 44.0. The maximum absolute atomic E-state index is 13.9. The monoisotopic (exact) mass is 602 g/mol. The van der Waals surface area contributed by atoms with E-state index in [1.807, 2.05) is 13.8 Å². The van der Waals surface area contributed by atoms with Crippen molar-refractivity contribution in [2.45, 2.75) is 40.7 Å². The summed E-state index contributed by atoms with van der Waals surface area (Å²) >= 11 is 13.4. The maximum atomic E-state index is 13.9. The summed E-state index contributed by atoms with van der Waals surface area (Å²) in [6.07, 6.45) is 1.70. The fourth-order valence-electron chi connectivity index (χ4n) is 4.17. The third kappa shape index (κ3) is 6.32.